The second-order valence-corrected chi connectivity index (χ2v) is 7.37. The van der Waals surface area contributed by atoms with Crippen LogP contribution in [0.1, 0.15) is 29.4 Å². The quantitative estimate of drug-likeness (QED) is 0.836. The summed E-state index contributed by atoms with van der Waals surface area (Å²) in [6.07, 6.45) is 0.406. The molecule has 21 heavy (non-hydrogen) atoms. The number of benzene rings is 1. The van der Waals surface area contributed by atoms with Crippen LogP contribution in [-0.2, 0) is 9.84 Å². The van der Waals surface area contributed by atoms with Gasteiger partial charge in [-0.1, -0.05) is 0 Å². The van der Waals surface area contributed by atoms with Crippen LogP contribution in [0, 0.1) is 19.7 Å². The molecule has 0 amide bonds. The van der Waals surface area contributed by atoms with E-state index >= 15 is 0 Å². The number of nitrogens with one attached hydrogen (secondary N) is 2. The van der Waals surface area contributed by atoms with Crippen LogP contribution < -0.4 is 5.32 Å². The SMILES string of the molecule is Cc1n[nH]c(C)c1NC1CCS(=O)(=O)c2ccc(F)cc21. The zero-order valence-electron chi connectivity index (χ0n) is 11.8. The highest BCUT2D eigenvalue weighted by molar-refractivity contribution is 7.91. The van der Waals surface area contributed by atoms with Crippen molar-refractivity contribution < 1.29 is 12.8 Å². The third kappa shape index (κ3) is 2.42. The summed E-state index contributed by atoms with van der Waals surface area (Å²) < 4.78 is 37.7. The molecule has 1 unspecified atom stereocenters. The van der Waals surface area contributed by atoms with Gasteiger partial charge in [0.2, 0.25) is 0 Å². The lowest BCUT2D eigenvalue weighted by atomic mass is 10.0. The van der Waals surface area contributed by atoms with E-state index in [2.05, 4.69) is 15.5 Å². The number of fused-ring (bicyclic) bond motifs is 1. The van der Waals surface area contributed by atoms with E-state index < -0.39 is 15.7 Å². The maximum Gasteiger partial charge on any atom is 0.178 e. The number of H-pyrrole nitrogens is 1. The highest BCUT2D eigenvalue weighted by Crippen LogP contribution is 2.35. The first kappa shape index (κ1) is 14.1. The number of nitrogens with zero attached hydrogens (tertiary/aromatic N) is 1. The van der Waals surface area contributed by atoms with E-state index in [9.17, 15) is 12.8 Å². The van der Waals surface area contributed by atoms with Crippen molar-refractivity contribution in [2.24, 2.45) is 0 Å². The van der Waals surface area contributed by atoms with E-state index in [1.165, 1.54) is 18.2 Å². The third-order valence-electron chi connectivity index (χ3n) is 3.80. The molecule has 0 saturated heterocycles. The van der Waals surface area contributed by atoms with Crippen LogP contribution in [0.25, 0.3) is 0 Å². The van der Waals surface area contributed by atoms with Gasteiger partial charge in [-0.15, -0.1) is 0 Å². The summed E-state index contributed by atoms with van der Waals surface area (Å²) in [6, 6.07) is 3.60. The Kier molecular flexibility index (Phi) is 3.24. The average molecular weight is 309 g/mol. The Hall–Kier alpha value is -1.89. The molecule has 3 rings (SSSR count). The van der Waals surface area contributed by atoms with Gasteiger partial charge in [0.25, 0.3) is 0 Å². The molecule has 1 aromatic carbocycles. The van der Waals surface area contributed by atoms with Crippen molar-refractivity contribution in [1.29, 1.82) is 0 Å². The largest absolute Gasteiger partial charge is 0.375 e. The van der Waals surface area contributed by atoms with E-state index in [-0.39, 0.29) is 16.7 Å². The van der Waals surface area contributed by atoms with Crippen molar-refractivity contribution in [1.82, 2.24) is 10.2 Å². The van der Waals surface area contributed by atoms with Crippen molar-refractivity contribution in [3.05, 3.63) is 41.0 Å². The van der Waals surface area contributed by atoms with E-state index in [1.807, 2.05) is 13.8 Å². The number of halogens is 1. The first-order valence-electron chi connectivity index (χ1n) is 6.69. The standard InChI is InChI=1S/C14H16FN3O2S/c1-8-14(9(2)18-17-8)16-12-5-6-21(19,20)13-4-3-10(15)7-11(12)13/h3-4,7,12,16H,5-6H2,1-2H3,(H,17,18). The summed E-state index contributed by atoms with van der Waals surface area (Å²) in [6.45, 7) is 3.74. The van der Waals surface area contributed by atoms with Gasteiger partial charge >= 0.3 is 0 Å². The summed E-state index contributed by atoms with van der Waals surface area (Å²) >= 11 is 0. The van der Waals surface area contributed by atoms with Gasteiger partial charge in [-0.05, 0) is 44.0 Å². The van der Waals surface area contributed by atoms with Crippen LogP contribution in [0.2, 0.25) is 0 Å². The molecular weight excluding hydrogens is 293 g/mol. The second-order valence-electron chi connectivity index (χ2n) is 5.30. The zero-order valence-corrected chi connectivity index (χ0v) is 12.6. The molecule has 112 valence electrons. The molecule has 2 aromatic rings. The summed E-state index contributed by atoms with van der Waals surface area (Å²) in [7, 11) is -3.32. The number of hydrogen-bond donors (Lipinski definition) is 2. The molecule has 0 spiro atoms. The number of aromatic amines is 1. The molecule has 1 aliphatic rings. The van der Waals surface area contributed by atoms with E-state index in [1.54, 1.807) is 0 Å². The topological polar surface area (TPSA) is 74.8 Å². The fourth-order valence-corrected chi connectivity index (χ4v) is 4.30. The Balaban J connectivity index is 2.04. The summed E-state index contributed by atoms with van der Waals surface area (Å²) in [5, 5.41) is 10.3. The minimum atomic E-state index is -3.32. The van der Waals surface area contributed by atoms with Crippen LogP contribution in [0.5, 0.6) is 0 Å². The second kappa shape index (κ2) is 4.84. The van der Waals surface area contributed by atoms with Crippen molar-refractivity contribution in [2.45, 2.75) is 31.2 Å². The molecule has 7 heteroatoms. The highest BCUT2D eigenvalue weighted by Gasteiger charge is 2.31. The molecule has 1 atom stereocenters. The van der Waals surface area contributed by atoms with E-state index in [0.717, 1.165) is 17.1 Å². The van der Waals surface area contributed by atoms with Gasteiger partial charge in [-0.25, -0.2) is 12.8 Å². The first-order chi connectivity index (χ1) is 9.88. The van der Waals surface area contributed by atoms with Crippen LogP contribution in [-0.4, -0.2) is 24.4 Å². The molecule has 0 aliphatic carbocycles. The zero-order chi connectivity index (χ0) is 15.2. The Labute approximate surface area is 122 Å². The van der Waals surface area contributed by atoms with Crippen LogP contribution >= 0.6 is 0 Å². The summed E-state index contributed by atoms with van der Waals surface area (Å²) in [5.41, 5.74) is 3.01. The smallest absolute Gasteiger partial charge is 0.178 e. The number of aromatic nitrogens is 2. The number of aryl methyl sites for hydroxylation is 2. The third-order valence-corrected chi connectivity index (χ3v) is 5.62. The van der Waals surface area contributed by atoms with Gasteiger partial charge in [0.15, 0.2) is 9.84 Å². The predicted molar refractivity (Wildman–Crippen MR) is 77.5 cm³/mol. The molecule has 0 radical (unpaired) electrons. The minimum Gasteiger partial charge on any atom is -0.375 e. The molecule has 1 aromatic heterocycles. The highest BCUT2D eigenvalue weighted by atomic mass is 32.2. The lowest BCUT2D eigenvalue weighted by Crippen LogP contribution is -2.25. The predicted octanol–water partition coefficient (Wildman–Crippen LogP) is 2.50. The molecule has 1 aliphatic heterocycles. The van der Waals surface area contributed by atoms with Crippen LogP contribution in [0.4, 0.5) is 10.1 Å². The fourth-order valence-electron chi connectivity index (χ4n) is 2.70. The molecule has 0 fully saturated rings. The molecule has 2 N–H and O–H groups in total. The maximum atomic E-state index is 13.5. The van der Waals surface area contributed by atoms with Gasteiger partial charge in [-0.3, -0.25) is 5.10 Å². The van der Waals surface area contributed by atoms with E-state index in [0.29, 0.717) is 12.0 Å². The summed E-state index contributed by atoms with van der Waals surface area (Å²) in [4.78, 5) is 0.214. The molecule has 2 heterocycles. The monoisotopic (exact) mass is 309 g/mol. The van der Waals surface area contributed by atoms with Gasteiger partial charge in [0.1, 0.15) is 5.82 Å². The Bertz CT molecular complexity index is 779. The van der Waals surface area contributed by atoms with Gasteiger partial charge in [0.05, 0.1) is 33.8 Å². The molecular formula is C14H16FN3O2S. The first-order valence-corrected chi connectivity index (χ1v) is 8.34. The Morgan fingerprint density at radius 3 is 2.81 bits per heavy atom. The number of hydrogen-bond acceptors (Lipinski definition) is 4. The van der Waals surface area contributed by atoms with Crippen molar-refractivity contribution in [3.8, 4) is 0 Å². The average Bonchev–Trinajstić information content (AvgIpc) is 2.73. The van der Waals surface area contributed by atoms with Gasteiger partial charge in [-0.2, -0.15) is 5.10 Å². The lowest BCUT2D eigenvalue weighted by Gasteiger charge is -2.27. The van der Waals surface area contributed by atoms with Crippen molar-refractivity contribution in [2.75, 3.05) is 11.1 Å². The molecule has 0 bridgehead atoms. The maximum absolute atomic E-state index is 13.5. The number of sulfone groups is 1. The van der Waals surface area contributed by atoms with Crippen LogP contribution in [0.3, 0.4) is 0 Å². The summed E-state index contributed by atoms with van der Waals surface area (Å²) in [5.74, 6) is -0.377. The minimum absolute atomic E-state index is 0.0548. The molecule has 5 nitrogen and oxygen atoms in total. The van der Waals surface area contributed by atoms with Gasteiger partial charge < -0.3 is 5.32 Å². The Morgan fingerprint density at radius 2 is 2.14 bits per heavy atom. The Morgan fingerprint density at radius 1 is 1.38 bits per heavy atom. The number of anilines is 1. The van der Waals surface area contributed by atoms with Crippen LogP contribution in [0.15, 0.2) is 23.1 Å². The van der Waals surface area contributed by atoms with Crippen molar-refractivity contribution >= 4 is 15.5 Å². The van der Waals surface area contributed by atoms with Crippen molar-refractivity contribution in [3.63, 3.8) is 0 Å². The normalized spacial score (nSPS) is 20.0. The lowest BCUT2D eigenvalue weighted by molar-refractivity contribution is 0.570. The molecule has 0 saturated carbocycles. The van der Waals surface area contributed by atoms with E-state index in [4.69, 9.17) is 0 Å². The number of rotatable bonds is 2. The fraction of sp³-hybridized carbons (Fsp3) is 0.357. The van der Waals surface area contributed by atoms with Gasteiger partial charge in [0, 0.05) is 0 Å².